The summed E-state index contributed by atoms with van der Waals surface area (Å²) in [6.07, 6.45) is 5.17. The average Bonchev–Trinajstić information content (AvgIpc) is 3.36. The molecule has 0 aliphatic carbocycles. The van der Waals surface area contributed by atoms with Gasteiger partial charge in [-0.15, -0.1) is 5.10 Å². The Morgan fingerprint density at radius 3 is 2.57 bits per heavy atom. The molecule has 0 aliphatic heterocycles. The van der Waals surface area contributed by atoms with Crippen LogP contribution in [0.3, 0.4) is 0 Å². The first kappa shape index (κ1) is 18.1. The number of nitrogens with zero attached hydrogens (tertiary/aromatic N) is 5. The highest BCUT2D eigenvalue weighted by atomic mass is 16.4. The lowest BCUT2D eigenvalue weighted by atomic mass is 10.1. The minimum Gasteiger partial charge on any atom is -0.417 e. The highest BCUT2D eigenvalue weighted by Crippen LogP contribution is 2.23. The van der Waals surface area contributed by atoms with Gasteiger partial charge in [0.1, 0.15) is 17.5 Å². The van der Waals surface area contributed by atoms with Crippen molar-refractivity contribution in [1.29, 1.82) is 0 Å². The maximum absolute atomic E-state index is 5.76. The zero-order valence-electron chi connectivity index (χ0n) is 16.5. The minimum absolute atomic E-state index is 0.562. The molecule has 0 saturated heterocycles. The summed E-state index contributed by atoms with van der Waals surface area (Å²) in [7, 11) is 0. The molecule has 0 spiro atoms. The fourth-order valence-corrected chi connectivity index (χ4v) is 3.27. The quantitative estimate of drug-likeness (QED) is 0.451. The van der Waals surface area contributed by atoms with Crippen LogP contribution in [-0.2, 0) is 12.8 Å². The average molecular weight is 396 g/mol. The Morgan fingerprint density at radius 2 is 1.77 bits per heavy atom. The van der Waals surface area contributed by atoms with Crippen molar-refractivity contribution >= 4 is 17.2 Å². The van der Waals surface area contributed by atoms with Gasteiger partial charge in [-0.05, 0) is 49.2 Å². The SMILES string of the molecule is Cc1ncc2oc(-c3ccc(Nc4ccnc(CCc5ccccc5)n4)cc3)nn12. The molecule has 0 bridgehead atoms. The zero-order chi connectivity index (χ0) is 20.3. The van der Waals surface area contributed by atoms with E-state index in [0.717, 1.165) is 41.6 Å². The fourth-order valence-electron chi connectivity index (χ4n) is 3.27. The number of hydrogen-bond donors (Lipinski definition) is 1. The Labute approximate surface area is 173 Å². The van der Waals surface area contributed by atoms with Crippen molar-refractivity contribution in [3.05, 3.63) is 90.3 Å². The molecule has 1 N–H and O–H groups in total. The summed E-state index contributed by atoms with van der Waals surface area (Å²) < 4.78 is 7.45. The van der Waals surface area contributed by atoms with E-state index in [1.807, 2.05) is 43.3 Å². The van der Waals surface area contributed by atoms with Gasteiger partial charge in [0, 0.05) is 23.9 Å². The smallest absolute Gasteiger partial charge is 0.246 e. The predicted octanol–water partition coefficient (Wildman–Crippen LogP) is 4.62. The molecule has 0 atom stereocenters. The molecule has 7 heteroatoms. The molecule has 5 aromatic rings. The van der Waals surface area contributed by atoms with Crippen molar-refractivity contribution in [2.45, 2.75) is 19.8 Å². The standard InChI is InChI=1S/C23H20N6O/c1-16-25-15-22-29(16)28-23(30-22)18-8-10-19(11-9-18)26-21-13-14-24-20(27-21)12-7-17-5-3-2-4-6-17/h2-6,8-11,13-15H,7,12H2,1H3,(H,24,26,27). The molecule has 3 heterocycles. The van der Waals surface area contributed by atoms with Crippen LogP contribution in [0, 0.1) is 6.92 Å². The molecule has 3 aromatic heterocycles. The third kappa shape index (κ3) is 3.77. The number of fused-ring (bicyclic) bond motifs is 1. The van der Waals surface area contributed by atoms with Crippen LogP contribution >= 0.6 is 0 Å². The first-order valence-electron chi connectivity index (χ1n) is 9.79. The molecule has 148 valence electrons. The highest BCUT2D eigenvalue weighted by molar-refractivity contribution is 5.63. The third-order valence-electron chi connectivity index (χ3n) is 4.86. The molecule has 0 aliphatic rings. The van der Waals surface area contributed by atoms with Gasteiger partial charge in [-0.2, -0.15) is 4.52 Å². The van der Waals surface area contributed by atoms with E-state index >= 15 is 0 Å². The Morgan fingerprint density at radius 1 is 0.933 bits per heavy atom. The third-order valence-corrected chi connectivity index (χ3v) is 4.86. The molecule has 2 aromatic carbocycles. The van der Waals surface area contributed by atoms with E-state index in [4.69, 9.17) is 4.42 Å². The van der Waals surface area contributed by atoms with E-state index in [1.165, 1.54) is 5.56 Å². The molecule has 0 amide bonds. The summed E-state index contributed by atoms with van der Waals surface area (Å²) in [5.41, 5.74) is 3.75. The maximum atomic E-state index is 5.76. The fraction of sp³-hybridized carbons (Fsp3) is 0.130. The van der Waals surface area contributed by atoms with Gasteiger partial charge in [0.15, 0.2) is 0 Å². The number of anilines is 2. The second-order valence-corrected chi connectivity index (χ2v) is 7.01. The molecule has 0 radical (unpaired) electrons. The largest absolute Gasteiger partial charge is 0.417 e. The Balaban J connectivity index is 1.27. The van der Waals surface area contributed by atoms with Crippen LogP contribution in [0.2, 0.25) is 0 Å². The van der Waals surface area contributed by atoms with Gasteiger partial charge in [-0.3, -0.25) is 0 Å². The van der Waals surface area contributed by atoms with Gasteiger partial charge < -0.3 is 9.73 Å². The maximum Gasteiger partial charge on any atom is 0.246 e. The zero-order valence-corrected chi connectivity index (χ0v) is 16.5. The lowest BCUT2D eigenvalue weighted by Crippen LogP contribution is -2.01. The highest BCUT2D eigenvalue weighted by Gasteiger charge is 2.10. The lowest BCUT2D eigenvalue weighted by Gasteiger charge is -2.07. The van der Waals surface area contributed by atoms with E-state index in [1.54, 1.807) is 16.9 Å². The van der Waals surface area contributed by atoms with Gasteiger partial charge in [0.05, 0.1) is 6.20 Å². The Kier molecular flexibility index (Phi) is 4.69. The lowest BCUT2D eigenvalue weighted by molar-refractivity contribution is 0.617. The van der Waals surface area contributed by atoms with Crippen LogP contribution in [0.15, 0.2) is 77.5 Å². The van der Waals surface area contributed by atoms with Crippen molar-refractivity contribution in [1.82, 2.24) is 24.6 Å². The summed E-state index contributed by atoms with van der Waals surface area (Å²) in [6.45, 7) is 1.89. The summed E-state index contributed by atoms with van der Waals surface area (Å²) in [5.74, 6) is 2.95. The summed E-state index contributed by atoms with van der Waals surface area (Å²) in [4.78, 5) is 13.2. The summed E-state index contributed by atoms with van der Waals surface area (Å²) >= 11 is 0. The number of benzene rings is 2. The van der Waals surface area contributed by atoms with Crippen molar-refractivity contribution < 1.29 is 4.42 Å². The van der Waals surface area contributed by atoms with E-state index in [2.05, 4.69) is 49.6 Å². The Bertz CT molecular complexity index is 1270. The predicted molar refractivity (Wildman–Crippen MR) is 115 cm³/mol. The van der Waals surface area contributed by atoms with Crippen molar-refractivity contribution in [3.63, 3.8) is 0 Å². The number of aromatic nitrogens is 5. The van der Waals surface area contributed by atoms with Gasteiger partial charge in [0.2, 0.25) is 11.6 Å². The monoisotopic (exact) mass is 396 g/mol. The van der Waals surface area contributed by atoms with Crippen LogP contribution < -0.4 is 5.32 Å². The van der Waals surface area contributed by atoms with E-state index in [9.17, 15) is 0 Å². The second-order valence-electron chi connectivity index (χ2n) is 7.01. The number of nitrogens with one attached hydrogen (secondary N) is 1. The van der Waals surface area contributed by atoms with Crippen LogP contribution in [0.25, 0.3) is 17.2 Å². The number of imidazole rings is 1. The number of aryl methyl sites for hydroxylation is 3. The number of rotatable bonds is 6. The van der Waals surface area contributed by atoms with Crippen LogP contribution in [0.4, 0.5) is 11.5 Å². The first-order chi connectivity index (χ1) is 14.7. The molecule has 7 nitrogen and oxygen atoms in total. The molecular formula is C23H20N6O. The van der Waals surface area contributed by atoms with Gasteiger partial charge in [-0.1, -0.05) is 30.3 Å². The van der Waals surface area contributed by atoms with E-state index < -0.39 is 0 Å². The van der Waals surface area contributed by atoms with Crippen LogP contribution in [0.1, 0.15) is 17.2 Å². The first-order valence-corrected chi connectivity index (χ1v) is 9.79. The van der Waals surface area contributed by atoms with Gasteiger partial charge in [-0.25, -0.2) is 15.0 Å². The van der Waals surface area contributed by atoms with Gasteiger partial charge >= 0.3 is 0 Å². The topological polar surface area (TPSA) is 81.1 Å². The van der Waals surface area contributed by atoms with Gasteiger partial charge in [0.25, 0.3) is 0 Å². The molecule has 0 unspecified atom stereocenters. The molecule has 0 fully saturated rings. The molecular weight excluding hydrogens is 376 g/mol. The van der Waals surface area contributed by atoms with Crippen LogP contribution in [-0.4, -0.2) is 24.6 Å². The Hall–Kier alpha value is -4.00. The molecule has 5 rings (SSSR count). The normalized spacial score (nSPS) is 11.1. The van der Waals surface area contributed by atoms with Crippen LogP contribution in [0.5, 0.6) is 0 Å². The molecule has 30 heavy (non-hydrogen) atoms. The van der Waals surface area contributed by atoms with Crippen molar-refractivity contribution in [3.8, 4) is 11.5 Å². The number of hydrogen-bond acceptors (Lipinski definition) is 6. The molecule has 0 saturated carbocycles. The van der Waals surface area contributed by atoms with Crippen molar-refractivity contribution in [2.75, 3.05) is 5.32 Å². The minimum atomic E-state index is 0.562. The summed E-state index contributed by atoms with van der Waals surface area (Å²) in [5, 5.41) is 7.79. The van der Waals surface area contributed by atoms with E-state index in [0.29, 0.717) is 11.6 Å². The summed E-state index contributed by atoms with van der Waals surface area (Å²) in [6, 6.07) is 20.1. The van der Waals surface area contributed by atoms with Crippen molar-refractivity contribution in [2.24, 2.45) is 0 Å². The van der Waals surface area contributed by atoms with E-state index in [-0.39, 0.29) is 0 Å². The second kappa shape index (κ2) is 7.79.